The van der Waals surface area contributed by atoms with Gasteiger partial charge in [0.25, 0.3) is 0 Å². The highest BCUT2D eigenvalue weighted by Crippen LogP contribution is 2.36. The van der Waals surface area contributed by atoms with Gasteiger partial charge in [-0.2, -0.15) is 0 Å². The Hall–Kier alpha value is -2.54. The highest BCUT2D eigenvalue weighted by atomic mass is 32.1. The van der Waals surface area contributed by atoms with Gasteiger partial charge in [-0.25, -0.2) is 0 Å². The molecule has 2 aliphatic rings. The summed E-state index contributed by atoms with van der Waals surface area (Å²) in [5, 5.41) is 2.08. The van der Waals surface area contributed by atoms with Crippen LogP contribution < -0.4 is 9.47 Å². The van der Waals surface area contributed by atoms with E-state index in [0.717, 1.165) is 37.7 Å². The van der Waals surface area contributed by atoms with E-state index in [2.05, 4.69) is 11.4 Å². The molecule has 2 amide bonds. The fourth-order valence-electron chi connectivity index (χ4n) is 5.05. The SMILES string of the molecule is COc1ccccc1OCC1c2ccsc2CCN1C(=O)CN(C(=O)C1CCCC1)C(C)(C)C. The molecule has 1 saturated carbocycles. The topological polar surface area (TPSA) is 59.1 Å². The molecule has 4 rings (SSSR count). The Bertz CT molecular complexity index is 1010. The van der Waals surface area contributed by atoms with Crippen molar-refractivity contribution in [2.75, 3.05) is 26.8 Å². The molecule has 0 bridgehead atoms. The molecule has 0 N–H and O–H groups in total. The number of carbonyl (C=O) groups is 2. The van der Waals surface area contributed by atoms with E-state index in [4.69, 9.17) is 9.47 Å². The summed E-state index contributed by atoms with van der Waals surface area (Å²) < 4.78 is 11.6. The van der Waals surface area contributed by atoms with Gasteiger partial charge in [-0.05, 0) is 69.2 Å². The van der Waals surface area contributed by atoms with E-state index in [1.54, 1.807) is 23.3 Å². The van der Waals surface area contributed by atoms with E-state index in [0.29, 0.717) is 24.7 Å². The number of fused-ring (bicyclic) bond motifs is 1. The Morgan fingerprint density at radius 3 is 2.50 bits per heavy atom. The first-order valence-corrected chi connectivity index (χ1v) is 13.1. The maximum absolute atomic E-state index is 13.7. The maximum atomic E-state index is 13.7. The quantitative estimate of drug-likeness (QED) is 0.550. The largest absolute Gasteiger partial charge is 0.493 e. The number of amides is 2. The third-order valence-corrected chi connectivity index (χ3v) is 7.95. The molecule has 2 heterocycles. The lowest BCUT2D eigenvalue weighted by molar-refractivity contribution is -0.149. The van der Waals surface area contributed by atoms with Crippen LogP contribution in [0.3, 0.4) is 0 Å². The van der Waals surface area contributed by atoms with E-state index in [9.17, 15) is 9.59 Å². The van der Waals surface area contributed by atoms with E-state index in [1.165, 1.54) is 4.88 Å². The second-order valence-electron chi connectivity index (χ2n) is 10.2. The van der Waals surface area contributed by atoms with Gasteiger partial charge in [0.1, 0.15) is 13.2 Å². The van der Waals surface area contributed by atoms with Crippen molar-refractivity contribution in [1.82, 2.24) is 9.80 Å². The molecule has 0 saturated heterocycles. The van der Waals surface area contributed by atoms with E-state index in [1.807, 2.05) is 49.9 Å². The van der Waals surface area contributed by atoms with Crippen LogP contribution in [0.15, 0.2) is 35.7 Å². The molecule has 7 heteroatoms. The number of ether oxygens (including phenoxy) is 2. The molecule has 1 unspecified atom stereocenters. The normalized spacial score (nSPS) is 18.5. The monoisotopic (exact) mass is 484 g/mol. The summed E-state index contributed by atoms with van der Waals surface area (Å²) in [5.41, 5.74) is 0.728. The average Bonchev–Trinajstić information content (AvgIpc) is 3.52. The fraction of sp³-hybridized carbons (Fsp3) is 0.556. The summed E-state index contributed by atoms with van der Waals surface area (Å²) in [7, 11) is 1.62. The molecular weight excluding hydrogens is 448 g/mol. The number of nitrogens with zero attached hydrogens (tertiary/aromatic N) is 2. The lowest BCUT2D eigenvalue weighted by Gasteiger charge is -2.41. The van der Waals surface area contributed by atoms with Crippen LogP contribution in [0.25, 0.3) is 0 Å². The lowest BCUT2D eigenvalue weighted by Crippen LogP contribution is -2.54. The first-order chi connectivity index (χ1) is 16.3. The summed E-state index contributed by atoms with van der Waals surface area (Å²) in [4.78, 5) is 32.1. The number of rotatable bonds is 7. The van der Waals surface area contributed by atoms with Crippen molar-refractivity contribution in [3.63, 3.8) is 0 Å². The smallest absolute Gasteiger partial charge is 0.242 e. The average molecular weight is 485 g/mol. The van der Waals surface area contributed by atoms with Crippen LogP contribution in [-0.4, -0.2) is 54.0 Å². The minimum absolute atomic E-state index is 0.0215. The molecule has 1 aromatic heterocycles. The summed E-state index contributed by atoms with van der Waals surface area (Å²) in [5.74, 6) is 1.47. The third kappa shape index (κ3) is 5.24. The Morgan fingerprint density at radius 2 is 1.82 bits per heavy atom. The molecule has 1 atom stereocenters. The Morgan fingerprint density at radius 1 is 1.12 bits per heavy atom. The van der Waals surface area contributed by atoms with Gasteiger partial charge in [0.2, 0.25) is 11.8 Å². The van der Waals surface area contributed by atoms with Gasteiger partial charge in [-0.1, -0.05) is 25.0 Å². The number of hydrogen-bond acceptors (Lipinski definition) is 5. The van der Waals surface area contributed by atoms with Gasteiger partial charge in [0.05, 0.1) is 13.2 Å². The highest BCUT2D eigenvalue weighted by Gasteiger charge is 2.38. The van der Waals surface area contributed by atoms with Gasteiger partial charge < -0.3 is 19.3 Å². The number of carbonyl (C=O) groups excluding carboxylic acids is 2. The van der Waals surface area contributed by atoms with Gasteiger partial charge in [0.15, 0.2) is 11.5 Å². The second kappa shape index (κ2) is 10.4. The summed E-state index contributed by atoms with van der Waals surface area (Å²) in [6.07, 6.45) is 4.87. The first-order valence-electron chi connectivity index (χ1n) is 12.2. The molecule has 1 aromatic carbocycles. The molecule has 6 nitrogen and oxygen atoms in total. The maximum Gasteiger partial charge on any atom is 0.242 e. The molecule has 0 spiro atoms. The predicted molar refractivity (Wildman–Crippen MR) is 134 cm³/mol. The molecule has 1 fully saturated rings. The van der Waals surface area contributed by atoms with E-state index in [-0.39, 0.29) is 30.3 Å². The van der Waals surface area contributed by atoms with Crippen LogP contribution >= 0.6 is 11.3 Å². The van der Waals surface area contributed by atoms with Crippen LogP contribution in [-0.2, 0) is 16.0 Å². The van der Waals surface area contributed by atoms with E-state index >= 15 is 0 Å². The number of thiophene rings is 1. The van der Waals surface area contributed by atoms with Crippen molar-refractivity contribution in [3.8, 4) is 11.5 Å². The van der Waals surface area contributed by atoms with Crippen LogP contribution in [0.2, 0.25) is 0 Å². The lowest BCUT2D eigenvalue weighted by atomic mass is 9.98. The Balaban J connectivity index is 1.54. The zero-order valence-electron chi connectivity index (χ0n) is 20.7. The third-order valence-electron chi connectivity index (χ3n) is 6.95. The van der Waals surface area contributed by atoms with Crippen molar-refractivity contribution in [3.05, 3.63) is 46.2 Å². The highest BCUT2D eigenvalue weighted by molar-refractivity contribution is 7.10. The van der Waals surface area contributed by atoms with Crippen LogP contribution in [0.4, 0.5) is 0 Å². The van der Waals surface area contributed by atoms with Gasteiger partial charge in [-0.15, -0.1) is 11.3 Å². The Labute approximate surface area is 206 Å². The first kappa shape index (κ1) is 24.6. The number of hydrogen-bond donors (Lipinski definition) is 0. The Kier molecular flexibility index (Phi) is 7.51. The number of methoxy groups -OCH3 is 1. The van der Waals surface area contributed by atoms with Crippen LogP contribution in [0.5, 0.6) is 11.5 Å². The number of para-hydroxylation sites is 2. The van der Waals surface area contributed by atoms with Crippen molar-refractivity contribution in [2.45, 2.75) is 64.5 Å². The van der Waals surface area contributed by atoms with Crippen LogP contribution in [0.1, 0.15) is 62.9 Å². The molecule has 0 radical (unpaired) electrons. The number of benzene rings is 1. The minimum atomic E-state index is -0.415. The van der Waals surface area contributed by atoms with Crippen molar-refractivity contribution < 1.29 is 19.1 Å². The standard InChI is InChI=1S/C27H36N2O4S/c1-27(2,3)29(26(31)19-9-5-6-10-19)17-25(30)28-15-13-24-20(14-16-34-24)21(28)18-33-23-12-8-7-11-22(23)32-4/h7-8,11-12,14,16,19,21H,5-6,9-10,13,15,17-18H2,1-4H3. The van der Waals surface area contributed by atoms with Gasteiger partial charge in [-0.3, -0.25) is 9.59 Å². The molecular formula is C27H36N2O4S. The second-order valence-corrected chi connectivity index (χ2v) is 11.2. The zero-order valence-corrected chi connectivity index (χ0v) is 21.5. The van der Waals surface area contributed by atoms with Crippen molar-refractivity contribution in [2.24, 2.45) is 5.92 Å². The van der Waals surface area contributed by atoms with Crippen LogP contribution in [0, 0.1) is 5.92 Å². The molecule has 1 aliphatic carbocycles. The van der Waals surface area contributed by atoms with Crippen molar-refractivity contribution >= 4 is 23.2 Å². The van der Waals surface area contributed by atoms with Crippen molar-refractivity contribution in [1.29, 1.82) is 0 Å². The molecule has 1 aliphatic heterocycles. The summed E-state index contributed by atoms with van der Waals surface area (Å²) in [6, 6.07) is 9.46. The predicted octanol–water partition coefficient (Wildman–Crippen LogP) is 5.08. The summed E-state index contributed by atoms with van der Waals surface area (Å²) >= 11 is 1.73. The molecule has 184 valence electrons. The zero-order chi connectivity index (χ0) is 24.3. The fourth-order valence-corrected chi connectivity index (χ4v) is 5.97. The summed E-state index contributed by atoms with van der Waals surface area (Å²) in [6.45, 7) is 7.11. The van der Waals surface area contributed by atoms with Gasteiger partial charge >= 0.3 is 0 Å². The van der Waals surface area contributed by atoms with E-state index < -0.39 is 5.54 Å². The molecule has 34 heavy (non-hydrogen) atoms. The van der Waals surface area contributed by atoms with Gasteiger partial charge in [0, 0.05) is 22.9 Å². The minimum Gasteiger partial charge on any atom is -0.493 e. The molecule has 2 aromatic rings.